The second kappa shape index (κ2) is 12.1. The molecule has 0 saturated carbocycles. The molecule has 0 fully saturated rings. The topological polar surface area (TPSA) is 72.5 Å². The van der Waals surface area contributed by atoms with E-state index in [4.69, 9.17) is 4.74 Å². The molecule has 4 aromatic carbocycles. The largest absolute Gasteiger partial charge is 0.488 e. The van der Waals surface area contributed by atoms with Crippen molar-refractivity contribution in [1.82, 2.24) is 4.72 Å². The summed E-state index contributed by atoms with van der Waals surface area (Å²) in [6.45, 7) is 0.477. The van der Waals surface area contributed by atoms with Gasteiger partial charge in [0.15, 0.2) is 0 Å². The molecule has 0 unspecified atom stereocenters. The fourth-order valence-corrected chi connectivity index (χ4v) is 6.36. The Balaban J connectivity index is 1.34. The fraction of sp³-hybridized carbons (Fsp3) is 0.0938. The van der Waals surface area contributed by atoms with E-state index in [1.54, 1.807) is 11.4 Å². The van der Waals surface area contributed by atoms with Crippen LogP contribution in [0.5, 0.6) is 5.75 Å². The summed E-state index contributed by atoms with van der Waals surface area (Å²) in [4.78, 5) is 12.5. The van der Waals surface area contributed by atoms with E-state index in [9.17, 15) is 13.2 Å². The molecule has 5 nitrogen and oxygen atoms in total. The van der Waals surface area contributed by atoms with E-state index in [1.807, 2.05) is 91.0 Å². The number of amides is 1. The van der Waals surface area contributed by atoms with Gasteiger partial charge in [-0.2, -0.15) is 0 Å². The summed E-state index contributed by atoms with van der Waals surface area (Å²) in [5, 5.41) is 1.66. The molecule has 0 aliphatic heterocycles. The number of para-hydroxylation sites is 1. The Morgan fingerprint density at radius 2 is 1.44 bits per heavy atom. The van der Waals surface area contributed by atoms with E-state index in [1.165, 1.54) is 6.07 Å². The molecule has 1 amide bonds. The summed E-state index contributed by atoms with van der Waals surface area (Å²) in [6.07, 6.45) is 0.459. The number of aryl methyl sites for hydroxylation is 1. The second-order valence-electron chi connectivity index (χ2n) is 8.97. The minimum Gasteiger partial charge on any atom is -0.488 e. The zero-order valence-corrected chi connectivity index (χ0v) is 22.8. The minimum absolute atomic E-state index is 0.0530. The number of ether oxygens (including phenoxy) is 1. The lowest BCUT2D eigenvalue weighted by Crippen LogP contribution is -2.30. The van der Waals surface area contributed by atoms with Crippen LogP contribution in [-0.4, -0.2) is 14.3 Å². The number of carbonyl (C=O) groups excluding carboxylic acids is 1. The molecule has 1 heterocycles. The minimum atomic E-state index is -3.84. The smallest absolute Gasteiger partial charge is 0.273 e. The van der Waals surface area contributed by atoms with Gasteiger partial charge >= 0.3 is 0 Å². The Kier molecular flexibility index (Phi) is 8.20. The monoisotopic (exact) mass is 553 g/mol. The van der Waals surface area contributed by atoms with Crippen LogP contribution in [-0.2, 0) is 27.8 Å². The number of thiophene rings is 1. The predicted molar refractivity (Wildman–Crippen MR) is 156 cm³/mol. The summed E-state index contributed by atoms with van der Waals surface area (Å²) in [7, 11) is -3.84. The van der Waals surface area contributed by atoms with Crippen molar-refractivity contribution in [3.63, 3.8) is 0 Å². The van der Waals surface area contributed by atoms with E-state index < -0.39 is 15.9 Å². The van der Waals surface area contributed by atoms with E-state index in [0.29, 0.717) is 13.0 Å². The van der Waals surface area contributed by atoms with E-state index in [-0.39, 0.29) is 10.6 Å². The molecule has 1 N–H and O–H groups in total. The number of sulfonamides is 1. The van der Waals surface area contributed by atoms with Crippen molar-refractivity contribution in [2.45, 2.75) is 23.7 Å². The number of nitrogens with one attached hydrogen (secondary N) is 1. The van der Waals surface area contributed by atoms with Crippen LogP contribution in [0.25, 0.3) is 22.3 Å². The van der Waals surface area contributed by atoms with Crippen molar-refractivity contribution in [1.29, 1.82) is 0 Å². The molecule has 7 heteroatoms. The van der Waals surface area contributed by atoms with Crippen LogP contribution in [0.15, 0.2) is 125 Å². The Hall–Kier alpha value is -4.20. The van der Waals surface area contributed by atoms with Crippen molar-refractivity contribution in [3.8, 4) is 28.0 Å². The zero-order chi connectivity index (χ0) is 27.1. The van der Waals surface area contributed by atoms with E-state index in [2.05, 4.69) is 16.9 Å². The van der Waals surface area contributed by atoms with Gasteiger partial charge < -0.3 is 4.74 Å². The SMILES string of the molecule is O=C(CCc1ccccc1-c1cccc(-c2ccccc2OCc2ccccc2)c1)NS(=O)(=O)c1cccs1. The Morgan fingerprint density at radius 1 is 0.744 bits per heavy atom. The first-order valence-corrected chi connectivity index (χ1v) is 14.9. The number of hydrogen-bond acceptors (Lipinski definition) is 5. The van der Waals surface area contributed by atoms with Crippen molar-refractivity contribution in [2.75, 3.05) is 0 Å². The molecule has 39 heavy (non-hydrogen) atoms. The van der Waals surface area contributed by atoms with Crippen molar-refractivity contribution in [2.24, 2.45) is 0 Å². The van der Waals surface area contributed by atoms with Gasteiger partial charge in [-0.15, -0.1) is 11.3 Å². The van der Waals surface area contributed by atoms with Gasteiger partial charge in [0, 0.05) is 12.0 Å². The van der Waals surface area contributed by atoms with Gasteiger partial charge in [0.1, 0.15) is 16.6 Å². The number of rotatable bonds is 10. The van der Waals surface area contributed by atoms with Crippen LogP contribution < -0.4 is 9.46 Å². The number of benzene rings is 4. The lowest BCUT2D eigenvalue weighted by molar-refractivity contribution is -0.119. The highest BCUT2D eigenvalue weighted by Gasteiger charge is 2.19. The third-order valence-electron chi connectivity index (χ3n) is 6.26. The van der Waals surface area contributed by atoms with Gasteiger partial charge in [0.2, 0.25) is 5.91 Å². The molecule has 0 atom stereocenters. The quantitative estimate of drug-likeness (QED) is 0.200. The second-order valence-corrected chi connectivity index (χ2v) is 11.8. The van der Waals surface area contributed by atoms with Gasteiger partial charge in [-0.05, 0) is 57.8 Å². The van der Waals surface area contributed by atoms with Gasteiger partial charge in [-0.3, -0.25) is 4.79 Å². The molecule has 5 rings (SSSR count). The van der Waals surface area contributed by atoms with Gasteiger partial charge in [-0.25, -0.2) is 13.1 Å². The normalized spacial score (nSPS) is 11.2. The highest BCUT2D eigenvalue weighted by molar-refractivity contribution is 7.92. The molecule has 0 bridgehead atoms. The third kappa shape index (κ3) is 6.63. The third-order valence-corrected chi connectivity index (χ3v) is 9.03. The lowest BCUT2D eigenvalue weighted by atomic mass is 9.94. The fourth-order valence-electron chi connectivity index (χ4n) is 4.36. The first-order chi connectivity index (χ1) is 19.0. The predicted octanol–water partition coefficient (Wildman–Crippen LogP) is 7.10. The molecule has 196 valence electrons. The highest BCUT2D eigenvalue weighted by atomic mass is 32.2. The van der Waals surface area contributed by atoms with Crippen molar-refractivity contribution >= 4 is 27.3 Å². The summed E-state index contributed by atoms with van der Waals surface area (Å²) < 4.78 is 33.3. The maximum absolute atomic E-state index is 12.5. The van der Waals surface area contributed by atoms with E-state index >= 15 is 0 Å². The highest BCUT2D eigenvalue weighted by Crippen LogP contribution is 2.34. The molecule has 0 aliphatic carbocycles. The van der Waals surface area contributed by atoms with Gasteiger partial charge in [0.25, 0.3) is 10.0 Å². The molecule has 0 aliphatic rings. The zero-order valence-electron chi connectivity index (χ0n) is 21.1. The van der Waals surface area contributed by atoms with Crippen LogP contribution in [0.4, 0.5) is 0 Å². The van der Waals surface area contributed by atoms with Crippen molar-refractivity contribution < 1.29 is 17.9 Å². The maximum Gasteiger partial charge on any atom is 0.273 e. The average Bonchev–Trinajstić information content (AvgIpc) is 3.52. The van der Waals surface area contributed by atoms with E-state index in [0.717, 1.165) is 50.5 Å². The van der Waals surface area contributed by atoms with Crippen LogP contribution in [0.3, 0.4) is 0 Å². The van der Waals surface area contributed by atoms with Crippen molar-refractivity contribution in [3.05, 3.63) is 132 Å². The molecular formula is C32H27NO4S2. The number of hydrogen-bond donors (Lipinski definition) is 1. The molecule has 0 spiro atoms. The van der Waals surface area contributed by atoms with Crippen LogP contribution in [0.2, 0.25) is 0 Å². The molecule has 0 saturated heterocycles. The lowest BCUT2D eigenvalue weighted by Gasteiger charge is -2.14. The van der Waals surface area contributed by atoms with Gasteiger partial charge in [0.05, 0.1) is 0 Å². The maximum atomic E-state index is 12.5. The summed E-state index contributed by atoms with van der Waals surface area (Å²) in [5.41, 5.74) is 6.08. The summed E-state index contributed by atoms with van der Waals surface area (Å²) >= 11 is 1.08. The van der Waals surface area contributed by atoms with Crippen LogP contribution >= 0.6 is 11.3 Å². The standard InChI is InChI=1S/C32H27NO4S2/c34-31(33-39(35,36)32-18-9-21-38-32)20-19-25-12-4-5-15-28(25)26-13-8-14-27(22-26)29-16-6-7-17-30(29)37-23-24-10-2-1-3-11-24/h1-18,21-22H,19-20,23H2,(H,33,34). The molecule has 1 aromatic heterocycles. The summed E-state index contributed by atoms with van der Waals surface area (Å²) in [6, 6.07) is 37.3. The van der Waals surface area contributed by atoms with Crippen LogP contribution in [0.1, 0.15) is 17.5 Å². The first-order valence-electron chi connectivity index (χ1n) is 12.5. The summed E-state index contributed by atoms with van der Waals surface area (Å²) in [5.74, 6) is 0.270. The van der Waals surface area contributed by atoms with Gasteiger partial charge in [-0.1, -0.05) is 97.1 Å². The molecule has 5 aromatic rings. The Morgan fingerprint density at radius 3 is 2.21 bits per heavy atom. The molecule has 0 radical (unpaired) electrons. The molecular weight excluding hydrogens is 526 g/mol. The Labute approximate surface area is 232 Å². The average molecular weight is 554 g/mol. The number of carbonyl (C=O) groups is 1. The Bertz CT molecular complexity index is 1660. The first kappa shape index (κ1) is 26.4. The van der Waals surface area contributed by atoms with Crippen LogP contribution in [0, 0.1) is 0 Å².